The second-order valence-electron chi connectivity index (χ2n) is 8.33. The fourth-order valence-corrected chi connectivity index (χ4v) is 5.22. The molecule has 17 heteroatoms. The van der Waals surface area contributed by atoms with Gasteiger partial charge in [0.1, 0.15) is 17.5 Å². The lowest BCUT2D eigenvalue weighted by Crippen LogP contribution is -2.40. The van der Waals surface area contributed by atoms with Crippen molar-refractivity contribution in [2.75, 3.05) is 11.5 Å². The summed E-state index contributed by atoms with van der Waals surface area (Å²) < 4.78 is 146. The van der Waals surface area contributed by atoms with Crippen molar-refractivity contribution in [2.45, 2.75) is 37.4 Å². The standard InChI is InChI=1S/C23H16BrCl2F10NO2S/c1-10(8-40(39)9-21(28,29)30)37-20(38)13-3-2-11(4-15(13)23(34,35)36)18(27)7-14(22(31,32)33)12-5-16(25)19(24)17(26)6-12/h2-7,10,14H,8-9H2,1H3,(H,37,38)/b18-7-/t10-,14?,40?/m1/s1. The molecule has 0 saturated heterocycles. The third-order valence-electron chi connectivity index (χ3n) is 5.01. The molecular formula is C23H16BrCl2F10NO2S. The molecular weight excluding hydrogens is 695 g/mol. The lowest BCUT2D eigenvalue weighted by Gasteiger charge is -2.20. The summed E-state index contributed by atoms with van der Waals surface area (Å²) in [6.07, 6.45) is -15.2. The summed E-state index contributed by atoms with van der Waals surface area (Å²) in [5.74, 6) is -8.26. The second-order valence-corrected chi connectivity index (χ2v) is 11.4. The van der Waals surface area contributed by atoms with Crippen molar-refractivity contribution in [1.29, 1.82) is 0 Å². The topological polar surface area (TPSA) is 52.2 Å². The Labute approximate surface area is 242 Å². The zero-order valence-electron chi connectivity index (χ0n) is 19.7. The molecule has 0 aliphatic rings. The highest BCUT2D eigenvalue weighted by Gasteiger charge is 2.41. The summed E-state index contributed by atoms with van der Waals surface area (Å²) in [7, 11) is 0. The van der Waals surface area contributed by atoms with E-state index < -0.39 is 87.2 Å². The van der Waals surface area contributed by atoms with Gasteiger partial charge in [0, 0.05) is 5.56 Å². The molecule has 2 aromatic rings. The average molecular weight is 711 g/mol. The largest absolute Gasteiger partial charge is 0.616 e. The van der Waals surface area contributed by atoms with Crippen molar-refractivity contribution >= 4 is 62.0 Å². The van der Waals surface area contributed by atoms with E-state index in [1.165, 1.54) is 0 Å². The number of amides is 1. The van der Waals surface area contributed by atoms with E-state index in [-0.39, 0.29) is 26.7 Å². The number of alkyl halides is 9. The van der Waals surface area contributed by atoms with Crippen molar-refractivity contribution in [2.24, 2.45) is 0 Å². The molecule has 3 atom stereocenters. The van der Waals surface area contributed by atoms with Crippen molar-refractivity contribution in [3.63, 3.8) is 0 Å². The van der Waals surface area contributed by atoms with Gasteiger partial charge < -0.3 is 9.87 Å². The van der Waals surface area contributed by atoms with Crippen LogP contribution in [0.5, 0.6) is 0 Å². The Bertz CT molecular complexity index is 1240. The van der Waals surface area contributed by atoms with Gasteiger partial charge in [0.2, 0.25) is 5.75 Å². The van der Waals surface area contributed by atoms with Gasteiger partial charge in [0.05, 0.1) is 31.7 Å². The van der Waals surface area contributed by atoms with Crippen LogP contribution in [-0.4, -0.2) is 40.4 Å². The van der Waals surface area contributed by atoms with Crippen LogP contribution in [0.3, 0.4) is 0 Å². The Morgan fingerprint density at radius 3 is 2.08 bits per heavy atom. The van der Waals surface area contributed by atoms with E-state index in [4.69, 9.17) is 23.2 Å². The van der Waals surface area contributed by atoms with Crippen LogP contribution in [0, 0.1) is 0 Å². The maximum absolute atomic E-state index is 15.0. The van der Waals surface area contributed by atoms with Crippen LogP contribution in [0.1, 0.15) is 39.9 Å². The molecule has 1 amide bonds. The van der Waals surface area contributed by atoms with Crippen LogP contribution < -0.4 is 5.32 Å². The number of carbonyl (C=O) groups excluding carboxylic acids is 1. The number of nitrogens with one attached hydrogen (secondary N) is 1. The zero-order valence-corrected chi connectivity index (χ0v) is 23.6. The van der Waals surface area contributed by atoms with E-state index in [1.807, 2.05) is 5.32 Å². The lowest BCUT2D eigenvalue weighted by molar-refractivity contribution is -0.140. The minimum atomic E-state index is -5.29. The molecule has 40 heavy (non-hydrogen) atoms. The Kier molecular flexibility index (Phi) is 11.3. The van der Waals surface area contributed by atoms with Crippen molar-refractivity contribution in [3.05, 3.63) is 73.2 Å². The van der Waals surface area contributed by atoms with Crippen LogP contribution in [0.25, 0.3) is 5.83 Å². The van der Waals surface area contributed by atoms with Crippen LogP contribution in [0.2, 0.25) is 10.0 Å². The molecule has 2 unspecified atom stereocenters. The number of hydrogen-bond donors (Lipinski definition) is 1. The summed E-state index contributed by atoms with van der Waals surface area (Å²) >= 11 is 12.1. The van der Waals surface area contributed by atoms with E-state index in [1.54, 1.807) is 0 Å². The minimum Gasteiger partial charge on any atom is -0.616 e. The maximum Gasteiger partial charge on any atom is 0.433 e. The molecule has 2 rings (SSSR count). The lowest BCUT2D eigenvalue weighted by atomic mass is 9.95. The molecule has 0 radical (unpaired) electrons. The molecule has 2 aromatic carbocycles. The number of halogens is 13. The van der Waals surface area contributed by atoms with Gasteiger partial charge in [-0.25, -0.2) is 4.39 Å². The molecule has 0 heterocycles. The molecule has 222 valence electrons. The predicted octanol–water partition coefficient (Wildman–Crippen LogP) is 8.86. The second kappa shape index (κ2) is 13.1. The highest BCUT2D eigenvalue weighted by atomic mass is 79.9. The molecule has 0 saturated carbocycles. The Morgan fingerprint density at radius 2 is 1.60 bits per heavy atom. The number of hydrogen-bond acceptors (Lipinski definition) is 2. The summed E-state index contributed by atoms with van der Waals surface area (Å²) in [4.78, 5) is 12.4. The van der Waals surface area contributed by atoms with Gasteiger partial charge in [-0.3, -0.25) is 4.79 Å². The number of rotatable bonds is 8. The number of carbonyl (C=O) groups is 1. The van der Waals surface area contributed by atoms with Gasteiger partial charge in [-0.1, -0.05) is 29.3 Å². The zero-order chi connectivity index (χ0) is 30.8. The molecule has 0 fully saturated rings. The van der Waals surface area contributed by atoms with Gasteiger partial charge in [-0.15, -0.1) is 0 Å². The monoisotopic (exact) mass is 709 g/mol. The van der Waals surface area contributed by atoms with Crippen molar-refractivity contribution in [3.8, 4) is 0 Å². The van der Waals surface area contributed by atoms with Crippen molar-refractivity contribution in [1.82, 2.24) is 5.32 Å². The van der Waals surface area contributed by atoms with Crippen LogP contribution >= 0.6 is 39.1 Å². The normalized spacial score (nSPS) is 15.5. The van der Waals surface area contributed by atoms with Gasteiger partial charge in [-0.2, -0.15) is 39.5 Å². The fraction of sp³-hybridized carbons (Fsp3) is 0.348. The van der Waals surface area contributed by atoms with Gasteiger partial charge >= 0.3 is 18.5 Å². The maximum atomic E-state index is 15.0. The number of allylic oxidation sites excluding steroid dienone is 1. The number of benzene rings is 2. The molecule has 0 spiro atoms. The Morgan fingerprint density at radius 1 is 1.05 bits per heavy atom. The summed E-state index contributed by atoms with van der Waals surface area (Å²) in [5, 5.41) is 1.50. The summed E-state index contributed by atoms with van der Waals surface area (Å²) in [5.41, 5.74) is -4.37. The molecule has 0 aliphatic carbocycles. The van der Waals surface area contributed by atoms with Crippen LogP contribution in [-0.2, 0) is 17.4 Å². The highest BCUT2D eigenvalue weighted by molar-refractivity contribution is 9.10. The first-order valence-corrected chi connectivity index (χ1v) is 13.7. The molecule has 1 N–H and O–H groups in total. The summed E-state index contributed by atoms with van der Waals surface area (Å²) in [6.45, 7) is 1.11. The van der Waals surface area contributed by atoms with E-state index in [0.29, 0.717) is 12.1 Å². The van der Waals surface area contributed by atoms with Crippen molar-refractivity contribution < 1.29 is 53.3 Å². The third kappa shape index (κ3) is 9.71. The smallest absolute Gasteiger partial charge is 0.433 e. The molecule has 0 aromatic heterocycles. The van der Waals surface area contributed by atoms with E-state index in [9.17, 15) is 53.3 Å². The predicted molar refractivity (Wildman–Crippen MR) is 134 cm³/mol. The highest BCUT2D eigenvalue weighted by Crippen LogP contribution is 2.43. The van der Waals surface area contributed by atoms with Gasteiger partial charge in [0.15, 0.2) is 0 Å². The van der Waals surface area contributed by atoms with E-state index >= 15 is 0 Å². The fourth-order valence-electron chi connectivity index (χ4n) is 3.37. The molecule has 3 nitrogen and oxygen atoms in total. The molecule has 0 bridgehead atoms. The van der Waals surface area contributed by atoms with E-state index in [0.717, 1.165) is 19.1 Å². The first kappa shape index (κ1) is 34.5. The SMILES string of the molecule is C[C@H](C[S+]([O-])CC(F)(F)F)NC(=O)c1ccc(/C(F)=C/C(c2cc(Cl)c(Br)c(Cl)c2)C(F)(F)F)cc1C(F)(F)F. The first-order valence-electron chi connectivity index (χ1n) is 10.6. The van der Waals surface area contributed by atoms with Gasteiger partial charge in [0.25, 0.3) is 5.91 Å². The Balaban J connectivity index is 2.43. The van der Waals surface area contributed by atoms with Crippen LogP contribution in [0.15, 0.2) is 40.9 Å². The van der Waals surface area contributed by atoms with E-state index in [2.05, 4.69) is 15.9 Å². The quantitative estimate of drug-likeness (QED) is 0.169. The Hall–Kier alpha value is -1.68. The molecule has 0 aliphatic heterocycles. The summed E-state index contributed by atoms with van der Waals surface area (Å²) in [6, 6.07) is 1.66. The third-order valence-corrected chi connectivity index (χ3v) is 8.44. The average Bonchev–Trinajstić information content (AvgIpc) is 2.77. The first-order chi connectivity index (χ1) is 18.1. The minimum absolute atomic E-state index is 0.0170. The van der Waals surface area contributed by atoms with Crippen LogP contribution in [0.4, 0.5) is 43.9 Å². The van der Waals surface area contributed by atoms with Gasteiger partial charge in [-0.05, 0) is 69.9 Å².